The van der Waals surface area contributed by atoms with Crippen LogP contribution in [0.4, 0.5) is 0 Å². The summed E-state index contributed by atoms with van der Waals surface area (Å²) in [4.78, 5) is 9.40. The lowest BCUT2D eigenvalue weighted by atomic mass is 9.92. The fraction of sp³-hybridized carbons (Fsp3) is 0.318. The standard InChI is InChI=1S/C22H24N4S/c1-13(2)16-8-6-9-17(14(3)4)21(16)26-22(23-12-24-26)18-10-7-11-19-20(18)25-15(5)27-19/h6-14H,1-5H3. The van der Waals surface area contributed by atoms with E-state index in [1.807, 2.05) is 11.6 Å². The summed E-state index contributed by atoms with van der Waals surface area (Å²) in [6, 6.07) is 12.8. The highest BCUT2D eigenvalue weighted by molar-refractivity contribution is 7.18. The third-order valence-corrected chi connectivity index (χ3v) is 5.80. The van der Waals surface area contributed by atoms with E-state index in [4.69, 9.17) is 4.98 Å². The van der Waals surface area contributed by atoms with Gasteiger partial charge in [-0.3, -0.25) is 0 Å². The van der Waals surface area contributed by atoms with E-state index in [1.54, 1.807) is 17.7 Å². The summed E-state index contributed by atoms with van der Waals surface area (Å²) in [6.45, 7) is 11.0. The number of fused-ring (bicyclic) bond motifs is 1. The smallest absolute Gasteiger partial charge is 0.165 e. The normalized spacial score (nSPS) is 11.8. The van der Waals surface area contributed by atoms with Gasteiger partial charge in [-0.25, -0.2) is 14.6 Å². The van der Waals surface area contributed by atoms with E-state index in [2.05, 4.69) is 74.2 Å². The maximum atomic E-state index is 4.76. The molecule has 0 aliphatic heterocycles. The molecule has 0 unspecified atom stereocenters. The molecule has 2 aromatic carbocycles. The van der Waals surface area contributed by atoms with Gasteiger partial charge in [0.2, 0.25) is 0 Å². The predicted molar refractivity (Wildman–Crippen MR) is 113 cm³/mol. The zero-order chi connectivity index (χ0) is 19.1. The van der Waals surface area contributed by atoms with Gasteiger partial charge < -0.3 is 0 Å². The summed E-state index contributed by atoms with van der Waals surface area (Å²) in [5.74, 6) is 1.64. The molecule has 0 atom stereocenters. The van der Waals surface area contributed by atoms with Crippen LogP contribution >= 0.6 is 11.3 Å². The first-order chi connectivity index (χ1) is 13.0. The average Bonchev–Trinajstić information content (AvgIpc) is 3.25. The van der Waals surface area contributed by atoms with Crippen LogP contribution in [0.1, 0.15) is 55.7 Å². The Morgan fingerprint density at radius 3 is 2.26 bits per heavy atom. The number of hydrogen-bond donors (Lipinski definition) is 0. The van der Waals surface area contributed by atoms with Crippen molar-refractivity contribution >= 4 is 21.6 Å². The van der Waals surface area contributed by atoms with Crippen LogP contribution in [0.3, 0.4) is 0 Å². The first-order valence-corrected chi connectivity index (χ1v) is 10.2. The molecule has 4 aromatic rings. The zero-order valence-corrected chi connectivity index (χ0v) is 17.2. The van der Waals surface area contributed by atoms with Crippen molar-refractivity contribution in [3.05, 3.63) is 58.9 Å². The number of para-hydroxylation sites is 2. The minimum Gasteiger partial charge on any atom is -0.241 e. The Morgan fingerprint density at radius 2 is 1.59 bits per heavy atom. The van der Waals surface area contributed by atoms with Crippen molar-refractivity contribution in [3.63, 3.8) is 0 Å². The van der Waals surface area contributed by atoms with Crippen molar-refractivity contribution < 1.29 is 0 Å². The van der Waals surface area contributed by atoms with Gasteiger partial charge in [-0.2, -0.15) is 5.10 Å². The lowest BCUT2D eigenvalue weighted by Gasteiger charge is -2.20. The molecule has 0 aliphatic carbocycles. The van der Waals surface area contributed by atoms with Crippen LogP contribution in [0.25, 0.3) is 27.3 Å². The van der Waals surface area contributed by atoms with E-state index < -0.39 is 0 Å². The van der Waals surface area contributed by atoms with E-state index >= 15 is 0 Å². The maximum Gasteiger partial charge on any atom is 0.165 e. The molecule has 27 heavy (non-hydrogen) atoms. The van der Waals surface area contributed by atoms with Crippen molar-refractivity contribution in [1.29, 1.82) is 0 Å². The summed E-state index contributed by atoms with van der Waals surface area (Å²) in [6.07, 6.45) is 1.65. The number of thiazole rings is 1. The van der Waals surface area contributed by atoms with Gasteiger partial charge in [0, 0.05) is 5.56 Å². The predicted octanol–water partition coefficient (Wildman–Crippen LogP) is 6.10. The third kappa shape index (κ3) is 3.06. The Kier molecular flexibility index (Phi) is 4.56. The molecule has 4 rings (SSSR count). The van der Waals surface area contributed by atoms with Crippen molar-refractivity contribution in [2.24, 2.45) is 0 Å². The molecule has 2 aromatic heterocycles. The second-order valence-corrected chi connectivity index (χ2v) is 8.71. The summed E-state index contributed by atoms with van der Waals surface area (Å²) < 4.78 is 3.19. The van der Waals surface area contributed by atoms with Gasteiger partial charge in [0.15, 0.2) is 5.82 Å². The molecule has 5 heteroatoms. The Morgan fingerprint density at radius 1 is 0.926 bits per heavy atom. The van der Waals surface area contributed by atoms with Crippen LogP contribution in [-0.4, -0.2) is 19.7 Å². The summed E-state index contributed by atoms with van der Waals surface area (Å²) in [5, 5.41) is 5.71. The van der Waals surface area contributed by atoms with Gasteiger partial charge in [-0.05, 0) is 42.0 Å². The molecule has 0 amide bonds. The van der Waals surface area contributed by atoms with Crippen LogP contribution in [0.5, 0.6) is 0 Å². The SMILES string of the molecule is Cc1nc2c(-c3ncnn3-c3c(C(C)C)cccc3C(C)C)cccc2s1. The first-order valence-electron chi connectivity index (χ1n) is 9.37. The van der Waals surface area contributed by atoms with E-state index in [1.165, 1.54) is 15.8 Å². The fourth-order valence-corrected chi connectivity index (χ4v) is 4.44. The van der Waals surface area contributed by atoms with Gasteiger partial charge in [0.05, 0.1) is 20.9 Å². The van der Waals surface area contributed by atoms with Crippen LogP contribution in [-0.2, 0) is 0 Å². The van der Waals surface area contributed by atoms with Gasteiger partial charge in [0.1, 0.15) is 6.33 Å². The minimum atomic E-state index is 0.396. The number of rotatable bonds is 4. The third-order valence-electron chi connectivity index (χ3n) is 4.87. The van der Waals surface area contributed by atoms with Gasteiger partial charge in [-0.1, -0.05) is 52.0 Å². The molecule has 0 bridgehead atoms. The Hall–Kier alpha value is -2.53. The highest BCUT2D eigenvalue weighted by Crippen LogP contribution is 2.35. The van der Waals surface area contributed by atoms with Gasteiger partial charge >= 0.3 is 0 Å². The number of nitrogens with zero attached hydrogens (tertiary/aromatic N) is 4. The molecular weight excluding hydrogens is 352 g/mol. The summed E-state index contributed by atoms with van der Waals surface area (Å²) >= 11 is 1.71. The van der Waals surface area contributed by atoms with E-state index in [0.29, 0.717) is 11.8 Å². The highest BCUT2D eigenvalue weighted by atomic mass is 32.1. The van der Waals surface area contributed by atoms with Gasteiger partial charge in [-0.15, -0.1) is 11.3 Å². The largest absolute Gasteiger partial charge is 0.241 e. The van der Waals surface area contributed by atoms with Crippen LogP contribution in [0, 0.1) is 6.92 Å². The number of aromatic nitrogens is 4. The monoisotopic (exact) mass is 376 g/mol. The van der Waals surface area contributed by atoms with Gasteiger partial charge in [0.25, 0.3) is 0 Å². The molecule has 0 aliphatic rings. The molecule has 0 fully saturated rings. The molecular formula is C22H24N4S. The topological polar surface area (TPSA) is 43.6 Å². The van der Waals surface area contributed by atoms with Crippen molar-refractivity contribution in [2.75, 3.05) is 0 Å². The van der Waals surface area contributed by atoms with Crippen LogP contribution < -0.4 is 0 Å². The van der Waals surface area contributed by atoms with Crippen molar-refractivity contribution in [3.8, 4) is 17.1 Å². The Balaban J connectivity index is 2.01. The molecule has 2 heterocycles. The molecule has 0 saturated carbocycles. The molecule has 0 spiro atoms. The van der Waals surface area contributed by atoms with E-state index in [9.17, 15) is 0 Å². The molecule has 0 N–H and O–H groups in total. The second-order valence-electron chi connectivity index (χ2n) is 7.48. The van der Waals surface area contributed by atoms with E-state index in [-0.39, 0.29) is 0 Å². The Bertz CT molecular complexity index is 1080. The molecule has 4 nitrogen and oxygen atoms in total. The van der Waals surface area contributed by atoms with Crippen LogP contribution in [0.2, 0.25) is 0 Å². The minimum absolute atomic E-state index is 0.396. The molecule has 0 radical (unpaired) electrons. The lowest BCUT2D eigenvalue weighted by molar-refractivity contribution is 0.773. The average molecular weight is 377 g/mol. The summed E-state index contributed by atoms with van der Waals surface area (Å²) in [7, 11) is 0. The zero-order valence-electron chi connectivity index (χ0n) is 16.4. The highest BCUT2D eigenvalue weighted by Gasteiger charge is 2.21. The lowest BCUT2D eigenvalue weighted by Crippen LogP contribution is -2.09. The quantitative estimate of drug-likeness (QED) is 0.432. The fourth-order valence-electron chi connectivity index (χ4n) is 3.58. The number of aryl methyl sites for hydroxylation is 1. The molecule has 0 saturated heterocycles. The van der Waals surface area contributed by atoms with Crippen LogP contribution in [0.15, 0.2) is 42.7 Å². The molecule has 138 valence electrons. The Labute approximate surface area is 163 Å². The number of hydrogen-bond acceptors (Lipinski definition) is 4. The van der Waals surface area contributed by atoms with E-state index in [0.717, 1.165) is 27.6 Å². The van der Waals surface area contributed by atoms with Crippen molar-refractivity contribution in [2.45, 2.75) is 46.5 Å². The summed E-state index contributed by atoms with van der Waals surface area (Å²) in [5.41, 5.74) is 5.76. The number of benzene rings is 2. The van der Waals surface area contributed by atoms with Crippen molar-refractivity contribution in [1.82, 2.24) is 19.7 Å². The second kappa shape index (κ2) is 6.89. The maximum absolute atomic E-state index is 4.76. The first kappa shape index (κ1) is 17.9.